The molecule has 0 atom stereocenters. The van der Waals surface area contributed by atoms with Gasteiger partial charge in [-0.15, -0.1) is 10.2 Å². The first-order valence-corrected chi connectivity index (χ1v) is 8.39. The van der Waals surface area contributed by atoms with Gasteiger partial charge in [0.15, 0.2) is 11.6 Å². The van der Waals surface area contributed by atoms with Gasteiger partial charge in [-0.25, -0.2) is 0 Å². The van der Waals surface area contributed by atoms with Gasteiger partial charge in [0.1, 0.15) is 5.75 Å². The number of aromatic hydroxyl groups is 1. The van der Waals surface area contributed by atoms with Gasteiger partial charge in [-0.1, -0.05) is 45.0 Å². The van der Waals surface area contributed by atoms with Crippen LogP contribution in [0.3, 0.4) is 0 Å². The Morgan fingerprint density at radius 2 is 1.76 bits per heavy atom. The second-order valence-corrected chi connectivity index (χ2v) is 7.15. The van der Waals surface area contributed by atoms with E-state index in [0.717, 1.165) is 17.1 Å². The molecule has 0 spiro atoms. The molecular weight excluding hydrogens is 312 g/mol. The predicted molar refractivity (Wildman–Crippen MR) is 99.9 cm³/mol. The molecule has 0 unspecified atom stereocenters. The maximum atomic E-state index is 9.80. The summed E-state index contributed by atoms with van der Waals surface area (Å²) in [4.78, 5) is 0. The number of phenols is 1. The van der Waals surface area contributed by atoms with Crippen molar-refractivity contribution >= 4 is 0 Å². The van der Waals surface area contributed by atoms with Gasteiger partial charge < -0.3 is 10.4 Å². The molecule has 0 saturated heterocycles. The van der Waals surface area contributed by atoms with E-state index in [1.807, 2.05) is 23.7 Å². The molecule has 2 aromatic carbocycles. The molecule has 0 saturated carbocycles. The molecule has 3 aromatic rings. The Bertz CT molecular complexity index is 860. The lowest BCUT2D eigenvalue weighted by atomic mass is 9.87. The molecule has 1 heterocycles. The summed E-state index contributed by atoms with van der Waals surface area (Å²) in [6.45, 7) is 7.20. The van der Waals surface area contributed by atoms with Crippen LogP contribution >= 0.6 is 0 Å². The Labute approximate surface area is 148 Å². The van der Waals surface area contributed by atoms with Crippen LogP contribution in [-0.2, 0) is 12.0 Å². The SMILES string of the molecule is CNCc1nnc(-c2cccc(O)c2)n1-c1ccc(C(C)(C)C)cc1. The average molecular weight is 336 g/mol. The van der Waals surface area contributed by atoms with Crippen molar-refractivity contribution in [2.45, 2.75) is 32.7 Å². The molecule has 0 amide bonds. The summed E-state index contributed by atoms with van der Waals surface area (Å²) in [6, 6.07) is 15.6. The van der Waals surface area contributed by atoms with E-state index in [4.69, 9.17) is 0 Å². The summed E-state index contributed by atoms with van der Waals surface area (Å²) in [6.07, 6.45) is 0. The van der Waals surface area contributed by atoms with Crippen molar-refractivity contribution < 1.29 is 5.11 Å². The Hall–Kier alpha value is -2.66. The molecule has 0 bridgehead atoms. The second kappa shape index (κ2) is 6.69. The van der Waals surface area contributed by atoms with Crippen molar-refractivity contribution in [3.05, 3.63) is 59.9 Å². The molecule has 0 aliphatic carbocycles. The average Bonchev–Trinajstić information content (AvgIpc) is 2.98. The summed E-state index contributed by atoms with van der Waals surface area (Å²) in [5.74, 6) is 1.75. The summed E-state index contributed by atoms with van der Waals surface area (Å²) >= 11 is 0. The van der Waals surface area contributed by atoms with Crippen molar-refractivity contribution in [2.75, 3.05) is 7.05 Å². The lowest BCUT2D eigenvalue weighted by Gasteiger charge is -2.19. The number of hydrogen-bond donors (Lipinski definition) is 2. The Morgan fingerprint density at radius 3 is 2.36 bits per heavy atom. The van der Waals surface area contributed by atoms with Crippen molar-refractivity contribution in [2.24, 2.45) is 0 Å². The molecule has 0 aliphatic rings. The van der Waals surface area contributed by atoms with Crippen LogP contribution in [-0.4, -0.2) is 26.9 Å². The number of hydrogen-bond acceptors (Lipinski definition) is 4. The standard InChI is InChI=1S/C20H24N4O/c1-20(2,3)15-8-10-16(11-9-15)24-18(13-21-4)22-23-19(24)14-6-5-7-17(25)12-14/h5-12,21,25H,13H2,1-4H3. The molecule has 25 heavy (non-hydrogen) atoms. The van der Waals surface area contributed by atoms with Crippen LogP contribution < -0.4 is 5.32 Å². The van der Waals surface area contributed by atoms with Crippen LogP contribution in [0.5, 0.6) is 5.75 Å². The minimum atomic E-state index is 0.105. The molecular formula is C20H24N4O. The number of nitrogens with one attached hydrogen (secondary N) is 1. The third-order valence-electron chi connectivity index (χ3n) is 4.16. The molecule has 5 heteroatoms. The first-order chi connectivity index (χ1) is 11.9. The normalized spacial score (nSPS) is 11.7. The van der Waals surface area contributed by atoms with Gasteiger partial charge in [0.25, 0.3) is 0 Å². The number of benzene rings is 2. The van der Waals surface area contributed by atoms with Crippen LogP contribution in [0.15, 0.2) is 48.5 Å². The summed E-state index contributed by atoms with van der Waals surface area (Å²) in [5, 5.41) is 21.6. The van der Waals surface area contributed by atoms with Crippen LogP contribution in [0.2, 0.25) is 0 Å². The van der Waals surface area contributed by atoms with E-state index < -0.39 is 0 Å². The zero-order valence-electron chi connectivity index (χ0n) is 15.1. The third-order valence-corrected chi connectivity index (χ3v) is 4.16. The van der Waals surface area contributed by atoms with E-state index in [1.54, 1.807) is 12.1 Å². The molecule has 5 nitrogen and oxygen atoms in total. The number of phenolic OH excluding ortho intramolecular Hbond substituents is 1. The highest BCUT2D eigenvalue weighted by Gasteiger charge is 2.17. The lowest BCUT2D eigenvalue weighted by Crippen LogP contribution is -2.13. The topological polar surface area (TPSA) is 63.0 Å². The first-order valence-electron chi connectivity index (χ1n) is 8.39. The van der Waals surface area contributed by atoms with Crippen LogP contribution in [0.1, 0.15) is 32.2 Å². The quantitative estimate of drug-likeness (QED) is 0.763. The number of nitrogens with zero attached hydrogens (tertiary/aromatic N) is 3. The smallest absolute Gasteiger partial charge is 0.168 e. The summed E-state index contributed by atoms with van der Waals surface area (Å²) in [7, 11) is 1.88. The maximum Gasteiger partial charge on any atom is 0.168 e. The lowest BCUT2D eigenvalue weighted by molar-refractivity contribution is 0.475. The molecule has 0 radical (unpaired) electrons. The van der Waals surface area contributed by atoms with E-state index in [-0.39, 0.29) is 11.2 Å². The van der Waals surface area contributed by atoms with E-state index in [0.29, 0.717) is 12.4 Å². The Morgan fingerprint density at radius 1 is 1.04 bits per heavy atom. The zero-order chi connectivity index (χ0) is 18.0. The number of aromatic nitrogens is 3. The van der Waals surface area contributed by atoms with E-state index in [9.17, 15) is 5.11 Å². The molecule has 0 fully saturated rings. The van der Waals surface area contributed by atoms with Crippen molar-refractivity contribution in [3.63, 3.8) is 0 Å². The van der Waals surface area contributed by atoms with Gasteiger partial charge in [-0.2, -0.15) is 0 Å². The van der Waals surface area contributed by atoms with E-state index in [2.05, 4.69) is 60.6 Å². The van der Waals surface area contributed by atoms with E-state index >= 15 is 0 Å². The zero-order valence-corrected chi connectivity index (χ0v) is 15.1. The van der Waals surface area contributed by atoms with Gasteiger partial charge >= 0.3 is 0 Å². The molecule has 1 aromatic heterocycles. The van der Waals surface area contributed by atoms with E-state index in [1.165, 1.54) is 5.56 Å². The second-order valence-electron chi connectivity index (χ2n) is 7.15. The largest absolute Gasteiger partial charge is 0.508 e. The monoisotopic (exact) mass is 336 g/mol. The molecule has 2 N–H and O–H groups in total. The highest BCUT2D eigenvalue weighted by molar-refractivity contribution is 5.60. The van der Waals surface area contributed by atoms with Gasteiger partial charge in [-0.3, -0.25) is 4.57 Å². The van der Waals surface area contributed by atoms with Crippen LogP contribution in [0.25, 0.3) is 17.1 Å². The molecule has 3 rings (SSSR count). The Balaban J connectivity index is 2.12. The fraction of sp³-hybridized carbons (Fsp3) is 0.300. The third kappa shape index (κ3) is 3.56. The minimum absolute atomic E-state index is 0.105. The predicted octanol–water partition coefficient (Wildman–Crippen LogP) is 3.66. The summed E-state index contributed by atoms with van der Waals surface area (Å²) in [5.41, 5.74) is 3.21. The van der Waals surface area contributed by atoms with Crippen LogP contribution in [0, 0.1) is 0 Å². The van der Waals surface area contributed by atoms with Crippen molar-refractivity contribution in [1.29, 1.82) is 0 Å². The number of rotatable bonds is 4. The fourth-order valence-corrected chi connectivity index (χ4v) is 2.80. The minimum Gasteiger partial charge on any atom is -0.508 e. The summed E-state index contributed by atoms with van der Waals surface area (Å²) < 4.78 is 2.03. The van der Waals surface area contributed by atoms with Crippen molar-refractivity contribution in [3.8, 4) is 22.8 Å². The molecule has 130 valence electrons. The highest BCUT2D eigenvalue weighted by Crippen LogP contribution is 2.28. The highest BCUT2D eigenvalue weighted by atomic mass is 16.3. The fourth-order valence-electron chi connectivity index (χ4n) is 2.80. The van der Waals surface area contributed by atoms with Crippen LogP contribution in [0.4, 0.5) is 0 Å². The van der Waals surface area contributed by atoms with Gasteiger partial charge in [0.05, 0.1) is 6.54 Å². The maximum absolute atomic E-state index is 9.80. The Kier molecular flexibility index (Phi) is 4.59. The van der Waals surface area contributed by atoms with Gasteiger partial charge in [0.2, 0.25) is 0 Å². The first kappa shape index (κ1) is 17.2. The van der Waals surface area contributed by atoms with Gasteiger partial charge in [0, 0.05) is 11.3 Å². The van der Waals surface area contributed by atoms with Gasteiger partial charge in [-0.05, 0) is 42.3 Å². The molecule has 0 aliphatic heterocycles. The van der Waals surface area contributed by atoms with Crippen molar-refractivity contribution in [1.82, 2.24) is 20.1 Å².